The lowest BCUT2D eigenvalue weighted by molar-refractivity contribution is 0.318. The van der Waals surface area contributed by atoms with Gasteiger partial charge in [-0.3, -0.25) is 5.21 Å². The van der Waals surface area contributed by atoms with E-state index >= 15 is 0 Å². The number of nitrogens with zero attached hydrogens (tertiary/aromatic N) is 1. The van der Waals surface area contributed by atoms with E-state index in [1.807, 2.05) is 4.53 Å². The van der Waals surface area contributed by atoms with Crippen LogP contribution < -0.4 is 0 Å². The Hall–Kier alpha value is -0.170. The van der Waals surface area contributed by atoms with Gasteiger partial charge in [0.25, 0.3) is 0 Å². The summed E-state index contributed by atoms with van der Waals surface area (Å²) in [7, 11) is -2.39. The molecule has 6 heavy (non-hydrogen) atoms. The molecule has 0 aliphatic heterocycles. The Labute approximate surface area is 35.9 Å². The van der Waals surface area contributed by atoms with Crippen LogP contribution >= 0.6 is 0 Å². The maximum atomic E-state index is 9.06. The molecule has 0 aliphatic carbocycles. The second kappa shape index (κ2) is 4.83. The van der Waals surface area contributed by atoms with Crippen molar-refractivity contribution in [3.8, 4) is 0 Å². The highest BCUT2D eigenvalue weighted by Crippen LogP contribution is 1.51. The molecule has 0 fully saturated rings. The van der Waals surface area contributed by atoms with Crippen molar-refractivity contribution in [2.45, 2.75) is 0 Å². The van der Waals surface area contributed by atoms with Crippen molar-refractivity contribution in [1.82, 2.24) is 0 Å². The molecule has 0 aromatic rings. The summed E-state index contributed by atoms with van der Waals surface area (Å²) in [4.78, 5) is 0. The summed E-state index contributed by atoms with van der Waals surface area (Å²) in [5.41, 5.74) is 0. The van der Waals surface area contributed by atoms with Gasteiger partial charge in [-0.1, -0.05) is 0 Å². The maximum absolute atomic E-state index is 9.06. The molecular weight excluding hydrogens is 110 g/mol. The van der Waals surface area contributed by atoms with Gasteiger partial charge in [-0.25, -0.2) is 4.53 Å². The van der Waals surface area contributed by atoms with E-state index in [1.54, 1.807) is 0 Å². The number of hydrogen-bond acceptors (Lipinski definition) is 3. The quantitative estimate of drug-likeness (QED) is 0.244. The third-order valence-electron chi connectivity index (χ3n) is 0.0698. The minimum atomic E-state index is -2.39. The third-order valence-corrected chi connectivity index (χ3v) is 0.210. The van der Waals surface area contributed by atoms with Crippen LogP contribution in [0.2, 0.25) is 0 Å². The summed E-state index contributed by atoms with van der Waals surface area (Å²) >= 11 is 0. The molecule has 0 aromatic carbocycles. The van der Waals surface area contributed by atoms with E-state index in [2.05, 4.69) is 0 Å². The van der Waals surface area contributed by atoms with Gasteiger partial charge in [-0.2, -0.15) is 0 Å². The minimum Gasteiger partial charge on any atom is -0.452 e. The highest BCUT2D eigenvalue weighted by atomic mass is 32.2. The summed E-state index contributed by atoms with van der Waals surface area (Å²) in [6.45, 7) is 0. The molecule has 5 nitrogen and oxygen atoms in total. The topological polar surface area (TPSA) is 101 Å². The normalized spacial score (nSPS) is 13.0. The van der Waals surface area contributed by atoms with Crippen LogP contribution in [0.4, 0.5) is 0 Å². The second-order valence-electron chi connectivity index (χ2n) is 0.312. The molecule has 6 heteroatoms. The molecule has 0 heterocycles. The predicted molar refractivity (Wildman–Crippen MR) is 18.5 cm³/mol. The van der Waals surface area contributed by atoms with Gasteiger partial charge in [0.15, 0.2) is 0 Å². The number of hydrogen-bond donors (Lipinski definition) is 2. The van der Waals surface area contributed by atoms with Gasteiger partial charge in [-0.15, -0.1) is 0 Å². The van der Waals surface area contributed by atoms with E-state index in [4.69, 9.17) is 14.0 Å². The smallest absolute Gasteiger partial charge is 0.0379 e. The maximum Gasteiger partial charge on any atom is -0.0379 e. The Morgan fingerprint density at radius 2 is 1.83 bits per heavy atom. The summed E-state index contributed by atoms with van der Waals surface area (Å²) in [6.07, 6.45) is 0. The Balaban J connectivity index is 0. The Bertz CT molecular complexity index is 79.5. The first kappa shape index (κ1) is 9.27. The second-order valence-corrected chi connectivity index (χ2v) is 0.937. The standard InChI is InChI=1S/H2NO3S.H2O/c2-1-5(3)4;/h2H,(H,1,3,4);1H2/q-1;. The Kier molecular flexibility index (Phi) is 7.46. The molecule has 0 atom stereocenters. The van der Waals surface area contributed by atoms with Crippen LogP contribution in [0.25, 0.3) is 0 Å². The van der Waals surface area contributed by atoms with Crippen LogP contribution in [0.1, 0.15) is 0 Å². The van der Waals surface area contributed by atoms with Crippen LogP contribution in [-0.4, -0.2) is 15.2 Å². The summed E-state index contributed by atoms with van der Waals surface area (Å²) in [5.74, 6) is 0. The van der Waals surface area contributed by atoms with Crippen LogP contribution in [0.3, 0.4) is 0 Å². The SMILES string of the molecule is O.O=[S-](O)=NO. The van der Waals surface area contributed by atoms with Gasteiger partial charge < -0.3 is 14.2 Å². The van der Waals surface area contributed by atoms with Crippen molar-refractivity contribution in [3.63, 3.8) is 0 Å². The van der Waals surface area contributed by atoms with E-state index < -0.39 is 10.9 Å². The van der Waals surface area contributed by atoms with Gasteiger partial charge in [0.2, 0.25) is 0 Å². The average molecular weight is 114 g/mol. The summed E-state index contributed by atoms with van der Waals surface area (Å²) in [5, 5.41) is 7.22. The molecule has 4 N–H and O–H groups in total. The van der Waals surface area contributed by atoms with E-state index in [0.717, 1.165) is 0 Å². The van der Waals surface area contributed by atoms with Crippen LogP contribution in [0.15, 0.2) is 4.53 Å². The van der Waals surface area contributed by atoms with E-state index in [9.17, 15) is 0 Å². The lowest BCUT2D eigenvalue weighted by Crippen LogP contribution is -1.60. The molecule has 0 bridgehead atoms. The molecule has 0 spiro atoms. The molecule has 0 saturated carbocycles. The van der Waals surface area contributed by atoms with Crippen LogP contribution in [-0.2, 0) is 15.1 Å². The van der Waals surface area contributed by atoms with E-state index in [-0.39, 0.29) is 5.48 Å². The fourth-order valence-electron chi connectivity index (χ4n) is 0. The largest absolute Gasteiger partial charge is 0.452 e. The van der Waals surface area contributed by atoms with Crippen molar-refractivity contribution in [3.05, 3.63) is 0 Å². The van der Waals surface area contributed by atoms with E-state index in [0.29, 0.717) is 0 Å². The zero-order valence-corrected chi connectivity index (χ0v) is 3.47. The first-order valence-corrected chi connectivity index (χ1v) is 1.80. The van der Waals surface area contributed by atoms with Crippen molar-refractivity contribution in [1.29, 1.82) is 0 Å². The molecule has 40 valence electrons. The lowest BCUT2D eigenvalue weighted by Gasteiger charge is -1.76. The molecular formula is H4NO4S-. The fourth-order valence-corrected chi connectivity index (χ4v) is 0. The molecule has 0 radical (unpaired) electrons. The Morgan fingerprint density at radius 3 is 1.83 bits per heavy atom. The average Bonchev–Trinajstić information content (AvgIpc) is 1.38. The Morgan fingerprint density at radius 1 is 1.67 bits per heavy atom. The highest BCUT2D eigenvalue weighted by Gasteiger charge is 1.34. The van der Waals surface area contributed by atoms with Gasteiger partial charge in [-0.05, 0) is 10.9 Å². The minimum absolute atomic E-state index is 0. The first-order valence-electron chi connectivity index (χ1n) is 0.732. The molecule has 0 unspecified atom stereocenters. The van der Waals surface area contributed by atoms with Crippen LogP contribution in [0.5, 0.6) is 0 Å². The van der Waals surface area contributed by atoms with E-state index in [1.165, 1.54) is 0 Å². The highest BCUT2D eigenvalue weighted by molar-refractivity contribution is 7.68. The monoisotopic (exact) mass is 114 g/mol. The number of rotatable bonds is 0. The summed E-state index contributed by atoms with van der Waals surface area (Å²) < 4.78 is 18.4. The molecule has 0 saturated heterocycles. The predicted octanol–water partition coefficient (Wildman–Crippen LogP) is -0.829. The molecule has 0 aliphatic rings. The fraction of sp³-hybridized carbons (Fsp3) is 0. The molecule has 0 aromatic heterocycles. The molecule has 0 rings (SSSR count). The van der Waals surface area contributed by atoms with Gasteiger partial charge >= 0.3 is 0 Å². The van der Waals surface area contributed by atoms with Crippen molar-refractivity contribution >= 4 is 10.9 Å². The van der Waals surface area contributed by atoms with Gasteiger partial charge in [0, 0.05) is 0 Å². The molecule has 0 amide bonds. The first-order chi connectivity index (χ1) is 2.27. The third kappa shape index (κ3) is 9.16. The summed E-state index contributed by atoms with van der Waals surface area (Å²) in [6, 6.07) is 0. The lowest BCUT2D eigenvalue weighted by atomic mass is 13.6. The van der Waals surface area contributed by atoms with Gasteiger partial charge in [0.05, 0.1) is 0 Å². The van der Waals surface area contributed by atoms with Crippen LogP contribution in [0, 0.1) is 0 Å². The van der Waals surface area contributed by atoms with Crippen molar-refractivity contribution < 1.29 is 19.4 Å². The van der Waals surface area contributed by atoms with Crippen molar-refractivity contribution in [2.24, 2.45) is 4.53 Å². The zero-order valence-electron chi connectivity index (χ0n) is 2.66. The van der Waals surface area contributed by atoms with Gasteiger partial charge in [0.1, 0.15) is 0 Å². The van der Waals surface area contributed by atoms with Crippen molar-refractivity contribution in [2.75, 3.05) is 0 Å². The zero-order chi connectivity index (χ0) is 4.28.